The number of H-pyrrole nitrogens is 1. The Balaban J connectivity index is 1.51. The predicted molar refractivity (Wildman–Crippen MR) is 153 cm³/mol. The summed E-state index contributed by atoms with van der Waals surface area (Å²) in [6.07, 6.45) is 5.66. The minimum absolute atomic E-state index is 0.0457. The van der Waals surface area contributed by atoms with E-state index >= 15 is 0 Å². The molecular formula is C31H33N7O2. The molecule has 1 aliphatic rings. The molecule has 0 spiro atoms. The van der Waals surface area contributed by atoms with Crippen LogP contribution in [0.25, 0.3) is 10.9 Å². The van der Waals surface area contributed by atoms with Crippen molar-refractivity contribution in [3.05, 3.63) is 117 Å². The summed E-state index contributed by atoms with van der Waals surface area (Å²) >= 11 is 0. The zero-order valence-electron chi connectivity index (χ0n) is 22.8. The number of aryl methyl sites for hydroxylation is 2. The fraction of sp³-hybridized carbons (Fsp3) is 0.323. The monoisotopic (exact) mass is 535 g/mol. The zero-order valence-corrected chi connectivity index (χ0v) is 22.8. The van der Waals surface area contributed by atoms with Crippen LogP contribution >= 0.6 is 0 Å². The number of nitrogens with one attached hydrogen (secondary N) is 1. The lowest BCUT2D eigenvalue weighted by molar-refractivity contribution is 0.0903. The molecule has 0 amide bonds. The first-order chi connectivity index (χ1) is 19.5. The maximum atomic E-state index is 13.8. The van der Waals surface area contributed by atoms with Crippen LogP contribution in [0.4, 0.5) is 0 Å². The zero-order chi connectivity index (χ0) is 27.5. The molecule has 2 atom stereocenters. The minimum Gasteiger partial charge on any atom is -0.376 e. The smallest absolute Gasteiger partial charge is 0.253 e. The highest BCUT2D eigenvalue weighted by Crippen LogP contribution is 2.31. The van der Waals surface area contributed by atoms with E-state index in [1.807, 2.05) is 53.3 Å². The molecule has 0 aliphatic carbocycles. The van der Waals surface area contributed by atoms with Gasteiger partial charge in [-0.15, -0.1) is 5.10 Å². The number of benzene rings is 2. The SMILES string of the molecule is Cc1cc2cc([C@H](c3nnnn3C[C@H]3CCCO3)N(Cc3ccccc3)Cc3cccnc3)c(=O)[nH]c2cc1C. The molecule has 0 unspecified atom stereocenters. The van der Waals surface area contributed by atoms with Gasteiger partial charge in [0.2, 0.25) is 0 Å². The number of aromatic amines is 1. The maximum Gasteiger partial charge on any atom is 0.253 e. The molecule has 9 nitrogen and oxygen atoms in total. The van der Waals surface area contributed by atoms with Crippen molar-refractivity contribution in [1.29, 1.82) is 0 Å². The number of nitrogens with zero attached hydrogens (tertiary/aromatic N) is 6. The van der Waals surface area contributed by atoms with E-state index in [9.17, 15) is 4.79 Å². The Labute approximate surface area is 232 Å². The quantitative estimate of drug-likeness (QED) is 0.297. The van der Waals surface area contributed by atoms with Crippen LogP contribution in [0.1, 0.15) is 52.5 Å². The molecule has 1 aliphatic heterocycles. The molecule has 3 aromatic heterocycles. The molecule has 40 heavy (non-hydrogen) atoms. The molecule has 204 valence electrons. The summed E-state index contributed by atoms with van der Waals surface area (Å²) in [4.78, 5) is 23.6. The Morgan fingerprint density at radius 2 is 1.85 bits per heavy atom. The standard InChI is InChI=1S/C31H33N7O2/c1-21-14-25-16-27(31(39)33-28(25)15-22(21)2)29(30-34-35-36-38(30)20-26-11-7-13-40-26)37(18-23-8-4-3-5-9-23)19-24-10-6-12-32-17-24/h3-6,8-10,12,14-17,26,29H,7,11,13,18-20H2,1-2H3,(H,33,39)/t26-,29-/m1/s1. The second-order valence-corrected chi connectivity index (χ2v) is 10.6. The second-order valence-electron chi connectivity index (χ2n) is 10.6. The highest BCUT2D eigenvalue weighted by atomic mass is 16.5. The van der Waals surface area contributed by atoms with Gasteiger partial charge in [0, 0.05) is 43.2 Å². The van der Waals surface area contributed by atoms with Crippen LogP contribution < -0.4 is 5.56 Å². The van der Waals surface area contributed by atoms with Gasteiger partial charge < -0.3 is 9.72 Å². The first-order valence-corrected chi connectivity index (χ1v) is 13.7. The average molecular weight is 536 g/mol. The van der Waals surface area contributed by atoms with Gasteiger partial charge in [-0.1, -0.05) is 36.4 Å². The number of hydrogen-bond acceptors (Lipinski definition) is 7. The normalized spacial score (nSPS) is 16.1. The van der Waals surface area contributed by atoms with Crippen LogP contribution in [0, 0.1) is 13.8 Å². The van der Waals surface area contributed by atoms with Gasteiger partial charge in [-0.05, 0) is 89.0 Å². The third-order valence-electron chi connectivity index (χ3n) is 7.69. The summed E-state index contributed by atoms with van der Waals surface area (Å²) in [5.74, 6) is 0.615. The van der Waals surface area contributed by atoms with Gasteiger partial charge in [0.25, 0.3) is 5.56 Å². The number of fused-ring (bicyclic) bond motifs is 1. The summed E-state index contributed by atoms with van der Waals surface area (Å²) < 4.78 is 7.73. The Morgan fingerprint density at radius 3 is 2.62 bits per heavy atom. The van der Waals surface area contributed by atoms with Crippen LogP contribution in [-0.4, -0.2) is 47.8 Å². The van der Waals surface area contributed by atoms with E-state index < -0.39 is 6.04 Å². The molecule has 6 rings (SSSR count). The van der Waals surface area contributed by atoms with E-state index in [4.69, 9.17) is 4.74 Å². The number of aromatic nitrogens is 6. The Bertz CT molecular complexity index is 1600. The van der Waals surface area contributed by atoms with Crippen molar-refractivity contribution in [2.75, 3.05) is 6.61 Å². The van der Waals surface area contributed by atoms with Gasteiger partial charge in [0.1, 0.15) is 6.04 Å². The topological polar surface area (TPSA) is 102 Å². The van der Waals surface area contributed by atoms with Gasteiger partial charge >= 0.3 is 0 Å². The van der Waals surface area contributed by atoms with Crippen molar-refractivity contribution in [2.24, 2.45) is 0 Å². The first kappa shape index (κ1) is 26.0. The van der Waals surface area contributed by atoms with Crippen molar-refractivity contribution in [2.45, 2.75) is 58.5 Å². The molecular weight excluding hydrogens is 502 g/mol. The van der Waals surface area contributed by atoms with E-state index in [2.05, 4.69) is 62.4 Å². The van der Waals surface area contributed by atoms with Crippen molar-refractivity contribution < 1.29 is 4.74 Å². The molecule has 0 radical (unpaired) electrons. The fourth-order valence-corrected chi connectivity index (χ4v) is 5.50. The summed E-state index contributed by atoms with van der Waals surface area (Å²) in [6.45, 7) is 6.55. The van der Waals surface area contributed by atoms with Crippen molar-refractivity contribution in [3.63, 3.8) is 0 Å². The van der Waals surface area contributed by atoms with E-state index in [-0.39, 0.29) is 11.7 Å². The number of pyridine rings is 2. The van der Waals surface area contributed by atoms with E-state index in [1.165, 1.54) is 5.56 Å². The number of tetrazole rings is 1. The number of hydrogen-bond donors (Lipinski definition) is 1. The molecule has 5 aromatic rings. The van der Waals surface area contributed by atoms with Crippen LogP contribution in [0.3, 0.4) is 0 Å². The van der Waals surface area contributed by atoms with Gasteiger partial charge in [-0.25, -0.2) is 4.68 Å². The molecule has 9 heteroatoms. The lowest BCUT2D eigenvalue weighted by Gasteiger charge is -2.31. The van der Waals surface area contributed by atoms with Crippen LogP contribution in [0.2, 0.25) is 0 Å². The second kappa shape index (κ2) is 11.5. The maximum absolute atomic E-state index is 13.8. The molecule has 2 aromatic carbocycles. The predicted octanol–water partition coefficient (Wildman–Crippen LogP) is 4.50. The Kier molecular flexibility index (Phi) is 7.48. The highest BCUT2D eigenvalue weighted by Gasteiger charge is 2.32. The Morgan fingerprint density at radius 1 is 1.05 bits per heavy atom. The van der Waals surface area contributed by atoms with Crippen molar-refractivity contribution in [3.8, 4) is 0 Å². The highest BCUT2D eigenvalue weighted by molar-refractivity contribution is 5.81. The van der Waals surface area contributed by atoms with E-state index in [1.54, 1.807) is 6.20 Å². The third kappa shape index (κ3) is 5.57. The first-order valence-electron chi connectivity index (χ1n) is 13.7. The van der Waals surface area contributed by atoms with Gasteiger partial charge in [-0.3, -0.25) is 14.7 Å². The molecule has 1 saturated heterocycles. The molecule has 0 saturated carbocycles. The van der Waals surface area contributed by atoms with E-state index in [0.717, 1.165) is 47.0 Å². The lowest BCUT2D eigenvalue weighted by atomic mass is 9.99. The Hall–Kier alpha value is -4.21. The van der Waals surface area contributed by atoms with Crippen LogP contribution in [0.15, 0.2) is 77.9 Å². The largest absolute Gasteiger partial charge is 0.376 e. The average Bonchev–Trinajstić information content (AvgIpc) is 3.64. The van der Waals surface area contributed by atoms with Crippen LogP contribution in [0.5, 0.6) is 0 Å². The molecule has 1 N–H and O–H groups in total. The number of ether oxygens (including phenoxy) is 1. The van der Waals surface area contributed by atoms with E-state index in [0.29, 0.717) is 31.0 Å². The van der Waals surface area contributed by atoms with Crippen LogP contribution in [-0.2, 0) is 24.4 Å². The summed E-state index contributed by atoms with van der Waals surface area (Å²) in [5.41, 5.74) is 5.72. The van der Waals surface area contributed by atoms with Gasteiger partial charge in [0.15, 0.2) is 5.82 Å². The summed E-state index contributed by atoms with van der Waals surface area (Å²) in [7, 11) is 0. The lowest BCUT2D eigenvalue weighted by Crippen LogP contribution is -2.35. The van der Waals surface area contributed by atoms with Crippen molar-refractivity contribution in [1.82, 2.24) is 35.1 Å². The van der Waals surface area contributed by atoms with Gasteiger partial charge in [0.05, 0.1) is 12.6 Å². The molecule has 4 heterocycles. The number of rotatable bonds is 9. The third-order valence-corrected chi connectivity index (χ3v) is 7.69. The van der Waals surface area contributed by atoms with Gasteiger partial charge in [-0.2, -0.15) is 0 Å². The fourth-order valence-electron chi connectivity index (χ4n) is 5.50. The molecule has 1 fully saturated rings. The molecule has 0 bridgehead atoms. The summed E-state index contributed by atoms with van der Waals surface area (Å²) in [6, 6.07) is 19.9. The minimum atomic E-state index is -0.522. The van der Waals surface area contributed by atoms with Crippen molar-refractivity contribution >= 4 is 10.9 Å². The summed E-state index contributed by atoms with van der Waals surface area (Å²) in [5, 5.41) is 13.9.